The van der Waals surface area contributed by atoms with Crippen molar-refractivity contribution in [2.75, 3.05) is 0 Å². The number of carbonyl (C=O) groups excluding carboxylic acids is 4. The number of nitriles is 2. The SMILES string of the molecule is Cc1c(N=C=O)cc(-n2c(=O)n(-c3cc(N=C=O)c(C)c(OC#N)c3)c(=O)n(-c3cc(N=C=O)c(C)c(OC#N)c3)c2=O)cc1N=C=O. The molecular formula is C30H15N9O9. The van der Waals surface area contributed by atoms with Crippen LogP contribution < -0.4 is 26.5 Å². The van der Waals surface area contributed by atoms with Crippen LogP contribution in [0.5, 0.6) is 11.5 Å². The third-order valence-corrected chi connectivity index (χ3v) is 6.87. The first kappa shape index (κ1) is 33.1. The molecule has 0 saturated carbocycles. The van der Waals surface area contributed by atoms with Crippen molar-refractivity contribution in [3.05, 3.63) is 84.5 Å². The van der Waals surface area contributed by atoms with Crippen LogP contribution in [0.1, 0.15) is 16.7 Å². The molecule has 0 saturated heterocycles. The van der Waals surface area contributed by atoms with Crippen LogP contribution in [-0.2, 0) is 19.2 Å². The van der Waals surface area contributed by atoms with Crippen LogP contribution in [-0.4, -0.2) is 38.0 Å². The number of hydrogen-bond donors (Lipinski definition) is 0. The maximum Gasteiger partial charge on any atom is 0.345 e. The average molecular weight is 646 g/mol. The Hall–Kier alpha value is -7.83. The van der Waals surface area contributed by atoms with Gasteiger partial charge in [0, 0.05) is 28.8 Å². The highest BCUT2D eigenvalue weighted by molar-refractivity contribution is 5.70. The molecular weight excluding hydrogens is 630 g/mol. The Labute approximate surface area is 266 Å². The van der Waals surface area contributed by atoms with Gasteiger partial charge in [0.1, 0.15) is 11.5 Å². The van der Waals surface area contributed by atoms with E-state index in [0.717, 1.165) is 36.4 Å². The molecule has 1 aromatic heterocycles. The van der Waals surface area contributed by atoms with Crippen molar-refractivity contribution in [2.24, 2.45) is 20.0 Å². The maximum absolute atomic E-state index is 14.2. The first-order chi connectivity index (χ1) is 23.1. The molecule has 0 aliphatic carbocycles. The molecule has 48 heavy (non-hydrogen) atoms. The third-order valence-electron chi connectivity index (χ3n) is 6.87. The van der Waals surface area contributed by atoms with Crippen molar-refractivity contribution in [1.82, 2.24) is 13.7 Å². The quantitative estimate of drug-likeness (QED) is 0.145. The summed E-state index contributed by atoms with van der Waals surface area (Å²) in [5.41, 5.74) is -5.40. The van der Waals surface area contributed by atoms with Crippen molar-refractivity contribution in [3.63, 3.8) is 0 Å². The second-order valence-electron chi connectivity index (χ2n) is 9.34. The predicted molar refractivity (Wildman–Crippen MR) is 161 cm³/mol. The number of isocyanates is 4. The number of hydrogen-bond acceptors (Lipinski definition) is 15. The molecule has 0 unspecified atom stereocenters. The van der Waals surface area contributed by atoms with E-state index in [1.54, 1.807) is 0 Å². The summed E-state index contributed by atoms with van der Waals surface area (Å²) < 4.78 is 11.2. The molecule has 0 aliphatic rings. The average Bonchev–Trinajstić information content (AvgIpc) is 3.04. The molecule has 0 radical (unpaired) electrons. The fourth-order valence-electron chi connectivity index (χ4n) is 4.55. The summed E-state index contributed by atoms with van der Waals surface area (Å²) in [5.74, 6) is -0.467. The van der Waals surface area contributed by atoms with E-state index in [2.05, 4.69) is 20.0 Å². The number of nitrogens with zero attached hydrogens (tertiary/aromatic N) is 9. The fourth-order valence-corrected chi connectivity index (χ4v) is 4.55. The summed E-state index contributed by atoms with van der Waals surface area (Å²) in [4.78, 5) is 101. The van der Waals surface area contributed by atoms with Crippen molar-refractivity contribution in [3.8, 4) is 41.1 Å². The number of rotatable bonds is 9. The van der Waals surface area contributed by atoms with E-state index >= 15 is 0 Å². The molecule has 234 valence electrons. The predicted octanol–water partition coefficient (Wildman–Crippen LogP) is 2.65. The molecule has 0 fully saturated rings. The van der Waals surface area contributed by atoms with Crippen molar-refractivity contribution >= 4 is 47.1 Å². The minimum absolute atomic E-state index is 0.143. The van der Waals surface area contributed by atoms with Gasteiger partial charge >= 0.3 is 17.1 Å². The van der Waals surface area contributed by atoms with Gasteiger partial charge in [-0.3, -0.25) is 0 Å². The summed E-state index contributed by atoms with van der Waals surface area (Å²) in [5, 5.41) is 18.4. The van der Waals surface area contributed by atoms with Crippen molar-refractivity contribution < 1.29 is 28.7 Å². The molecule has 18 heteroatoms. The fraction of sp³-hybridized carbons (Fsp3) is 0.100. The number of benzene rings is 3. The smallest absolute Gasteiger partial charge is 0.345 e. The van der Waals surface area contributed by atoms with E-state index in [4.69, 9.17) is 9.47 Å². The van der Waals surface area contributed by atoms with E-state index in [0.29, 0.717) is 13.7 Å². The Kier molecular flexibility index (Phi) is 9.55. The second-order valence-corrected chi connectivity index (χ2v) is 9.34. The molecule has 0 atom stereocenters. The van der Waals surface area contributed by atoms with Gasteiger partial charge in [-0.25, -0.2) is 47.3 Å². The van der Waals surface area contributed by atoms with Gasteiger partial charge < -0.3 is 9.47 Å². The van der Waals surface area contributed by atoms with Gasteiger partial charge in [0.25, 0.3) is 12.5 Å². The van der Waals surface area contributed by atoms with E-state index in [1.165, 1.54) is 57.6 Å². The monoisotopic (exact) mass is 645 g/mol. The molecule has 0 spiro atoms. The van der Waals surface area contributed by atoms with E-state index < -0.39 is 17.1 Å². The number of ether oxygens (including phenoxy) is 2. The molecule has 0 aliphatic heterocycles. The summed E-state index contributed by atoms with van der Waals surface area (Å²) in [7, 11) is 0. The second kappa shape index (κ2) is 13.9. The zero-order valence-corrected chi connectivity index (χ0v) is 24.7. The van der Waals surface area contributed by atoms with Crippen molar-refractivity contribution in [2.45, 2.75) is 20.8 Å². The van der Waals surface area contributed by atoms with Crippen LogP contribution in [0.2, 0.25) is 0 Å². The van der Waals surface area contributed by atoms with Crippen LogP contribution in [0, 0.1) is 43.8 Å². The van der Waals surface area contributed by atoms with Gasteiger partial charge in [0.2, 0.25) is 24.3 Å². The normalized spacial score (nSPS) is 9.77. The zero-order chi connectivity index (χ0) is 35.1. The lowest BCUT2D eigenvalue weighted by atomic mass is 10.1. The van der Waals surface area contributed by atoms with Gasteiger partial charge in [0.05, 0.1) is 39.8 Å². The lowest BCUT2D eigenvalue weighted by Crippen LogP contribution is -2.52. The number of aromatic nitrogens is 3. The highest BCUT2D eigenvalue weighted by atomic mass is 16.5. The van der Waals surface area contributed by atoms with Crippen LogP contribution in [0.4, 0.5) is 22.7 Å². The maximum atomic E-state index is 14.2. The van der Waals surface area contributed by atoms with Crippen LogP contribution in [0.3, 0.4) is 0 Å². The van der Waals surface area contributed by atoms with Gasteiger partial charge in [-0.15, -0.1) is 10.5 Å². The van der Waals surface area contributed by atoms with Crippen molar-refractivity contribution in [1.29, 1.82) is 10.5 Å². The van der Waals surface area contributed by atoms with Crippen LogP contribution in [0.25, 0.3) is 17.1 Å². The minimum atomic E-state index is -1.36. The Balaban J connectivity index is 2.33. The Morgan fingerprint density at radius 1 is 0.500 bits per heavy atom. The highest BCUT2D eigenvalue weighted by Gasteiger charge is 2.24. The minimum Gasteiger partial charge on any atom is -0.388 e. The third kappa shape index (κ3) is 5.95. The molecule has 0 bridgehead atoms. The molecule has 1 heterocycles. The Morgan fingerprint density at radius 2 is 0.771 bits per heavy atom. The standard InChI is InChI=1S/C30H15N9O9/c1-16-22(33-12-40)4-19(5-23(16)34-13-41)37-28(44)38(20-6-24(35-14-42)17(2)26(8-20)47-10-31)30(46)39(29(37)45)21-7-25(36-15-43)18(3)27(9-21)48-11-32/h4-9H,1-3H3. The van der Waals surface area contributed by atoms with Gasteiger partial charge in [-0.2, -0.15) is 20.0 Å². The lowest BCUT2D eigenvalue weighted by molar-refractivity contribution is 0.502. The zero-order valence-electron chi connectivity index (χ0n) is 24.7. The van der Waals surface area contributed by atoms with Crippen LogP contribution in [0.15, 0.2) is 70.8 Å². The van der Waals surface area contributed by atoms with Gasteiger partial charge in [-0.05, 0) is 45.0 Å². The van der Waals surface area contributed by atoms with Crippen LogP contribution >= 0.6 is 0 Å². The molecule has 0 amide bonds. The van der Waals surface area contributed by atoms with E-state index in [1.807, 2.05) is 0 Å². The van der Waals surface area contributed by atoms with E-state index in [-0.39, 0.29) is 68.0 Å². The molecule has 4 aromatic rings. The first-order valence-electron chi connectivity index (χ1n) is 13.0. The largest absolute Gasteiger partial charge is 0.388 e. The highest BCUT2D eigenvalue weighted by Crippen LogP contribution is 2.33. The molecule has 3 aromatic carbocycles. The summed E-state index contributed by atoms with van der Waals surface area (Å²) in [6.07, 6.45) is 8.13. The summed E-state index contributed by atoms with van der Waals surface area (Å²) >= 11 is 0. The number of aliphatic imine (C=N–C) groups is 4. The Bertz CT molecular complexity index is 2340. The Morgan fingerprint density at radius 3 is 1.04 bits per heavy atom. The summed E-state index contributed by atoms with van der Waals surface area (Å²) in [6.45, 7) is 4.26. The molecule has 0 N–H and O–H groups in total. The van der Waals surface area contributed by atoms with Gasteiger partial charge in [0.15, 0.2) is 0 Å². The first-order valence-corrected chi connectivity index (χ1v) is 13.0. The summed E-state index contributed by atoms with van der Waals surface area (Å²) in [6, 6.07) is 6.51. The molecule has 18 nitrogen and oxygen atoms in total. The molecule has 4 rings (SSSR count). The van der Waals surface area contributed by atoms with Gasteiger partial charge in [-0.1, -0.05) is 0 Å². The topological polar surface area (TPSA) is 250 Å². The van der Waals surface area contributed by atoms with E-state index in [9.17, 15) is 44.1 Å². The lowest BCUT2D eigenvalue weighted by Gasteiger charge is -2.17.